The summed E-state index contributed by atoms with van der Waals surface area (Å²) in [6.45, 7) is 1.82. The van der Waals surface area contributed by atoms with Crippen LogP contribution in [0, 0.1) is 6.92 Å². The molecular weight excluding hydrogens is 326 g/mol. The molecule has 0 saturated heterocycles. The summed E-state index contributed by atoms with van der Waals surface area (Å²) in [7, 11) is -3.99. The Hall–Kier alpha value is -2.39. The standard InChI is InChI=1S/C13H13N3O4S2/c1-9-2-4-11(5-3-9)22(19,20)16-13(18)15-14-12(17)10-6-7-21-8-10/h2-8H,1H3,(H,14,17)(H2,15,16,18). The van der Waals surface area contributed by atoms with Gasteiger partial charge in [0, 0.05) is 5.38 Å². The first kappa shape index (κ1) is 16.0. The second-order valence-electron chi connectivity index (χ2n) is 4.34. The lowest BCUT2D eigenvalue weighted by atomic mass is 10.2. The van der Waals surface area contributed by atoms with Gasteiger partial charge >= 0.3 is 6.03 Å². The Labute approximate surface area is 131 Å². The molecule has 2 rings (SSSR count). The highest BCUT2D eigenvalue weighted by molar-refractivity contribution is 7.90. The summed E-state index contributed by atoms with van der Waals surface area (Å²) in [5, 5.41) is 3.30. The summed E-state index contributed by atoms with van der Waals surface area (Å²) in [5.41, 5.74) is 5.36. The molecule has 22 heavy (non-hydrogen) atoms. The van der Waals surface area contributed by atoms with Crippen LogP contribution < -0.4 is 15.6 Å². The number of amides is 3. The Bertz CT molecular complexity index is 768. The molecule has 0 aliphatic rings. The SMILES string of the molecule is Cc1ccc(S(=O)(=O)NC(=O)NNC(=O)c2ccsc2)cc1. The number of benzene rings is 1. The normalized spacial score (nSPS) is 10.8. The highest BCUT2D eigenvalue weighted by atomic mass is 32.2. The molecule has 3 amide bonds. The van der Waals surface area contributed by atoms with E-state index in [1.54, 1.807) is 33.7 Å². The van der Waals surface area contributed by atoms with E-state index in [0.29, 0.717) is 5.56 Å². The first-order chi connectivity index (χ1) is 10.4. The number of hydrogen-bond donors (Lipinski definition) is 3. The Balaban J connectivity index is 1.94. The highest BCUT2D eigenvalue weighted by Gasteiger charge is 2.17. The first-order valence-corrected chi connectivity index (χ1v) is 8.53. The molecule has 0 aliphatic carbocycles. The third-order valence-electron chi connectivity index (χ3n) is 2.63. The molecule has 3 N–H and O–H groups in total. The van der Waals surface area contributed by atoms with Gasteiger partial charge in [-0.1, -0.05) is 17.7 Å². The number of carbonyl (C=O) groups is 2. The van der Waals surface area contributed by atoms with Gasteiger partial charge in [0.15, 0.2) is 0 Å². The molecule has 1 aromatic heterocycles. The van der Waals surface area contributed by atoms with E-state index in [2.05, 4.69) is 5.43 Å². The van der Waals surface area contributed by atoms with Crippen LogP contribution >= 0.6 is 11.3 Å². The number of hydrazine groups is 1. The van der Waals surface area contributed by atoms with Gasteiger partial charge in [-0.3, -0.25) is 10.2 Å². The minimum atomic E-state index is -3.99. The van der Waals surface area contributed by atoms with E-state index in [9.17, 15) is 18.0 Å². The maximum Gasteiger partial charge on any atom is 0.347 e. The number of carbonyl (C=O) groups excluding carboxylic acids is 2. The zero-order valence-electron chi connectivity index (χ0n) is 11.5. The summed E-state index contributed by atoms with van der Waals surface area (Å²) >= 11 is 1.33. The molecule has 0 atom stereocenters. The average Bonchev–Trinajstić information content (AvgIpc) is 2.99. The lowest BCUT2D eigenvalue weighted by Gasteiger charge is -2.09. The van der Waals surface area contributed by atoms with Crippen molar-refractivity contribution in [2.24, 2.45) is 0 Å². The van der Waals surface area contributed by atoms with Crippen LogP contribution in [0.15, 0.2) is 46.0 Å². The number of hydrogen-bond acceptors (Lipinski definition) is 5. The zero-order chi connectivity index (χ0) is 16.2. The van der Waals surface area contributed by atoms with Crippen molar-refractivity contribution >= 4 is 33.3 Å². The van der Waals surface area contributed by atoms with E-state index in [1.807, 2.05) is 12.3 Å². The highest BCUT2D eigenvalue weighted by Crippen LogP contribution is 2.09. The van der Waals surface area contributed by atoms with E-state index in [-0.39, 0.29) is 4.90 Å². The predicted molar refractivity (Wildman–Crippen MR) is 81.8 cm³/mol. The van der Waals surface area contributed by atoms with Crippen molar-refractivity contribution in [1.82, 2.24) is 15.6 Å². The fourth-order valence-electron chi connectivity index (χ4n) is 1.50. The fraction of sp³-hybridized carbons (Fsp3) is 0.0769. The summed E-state index contributed by atoms with van der Waals surface area (Å²) in [4.78, 5) is 23.1. The van der Waals surface area contributed by atoms with Crippen LogP contribution in [0.4, 0.5) is 4.79 Å². The van der Waals surface area contributed by atoms with Gasteiger partial charge in [0.05, 0.1) is 10.5 Å². The van der Waals surface area contributed by atoms with E-state index in [4.69, 9.17) is 0 Å². The number of thiophene rings is 1. The minimum absolute atomic E-state index is 0.0441. The van der Waals surface area contributed by atoms with Gasteiger partial charge in [-0.2, -0.15) is 11.3 Å². The molecule has 2 aromatic rings. The van der Waals surface area contributed by atoms with Crippen molar-refractivity contribution in [1.29, 1.82) is 0 Å². The maximum absolute atomic E-state index is 11.9. The quantitative estimate of drug-likeness (QED) is 0.735. The number of aryl methyl sites for hydroxylation is 1. The Morgan fingerprint density at radius 1 is 1.05 bits per heavy atom. The van der Waals surface area contributed by atoms with Crippen molar-refractivity contribution in [3.63, 3.8) is 0 Å². The molecule has 1 aromatic carbocycles. The molecule has 0 fully saturated rings. The molecule has 0 saturated carbocycles. The van der Waals surface area contributed by atoms with Crippen molar-refractivity contribution in [2.45, 2.75) is 11.8 Å². The van der Waals surface area contributed by atoms with Gasteiger partial charge in [-0.15, -0.1) is 0 Å². The molecular formula is C13H13N3O4S2. The maximum atomic E-state index is 11.9. The summed E-state index contributed by atoms with van der Waals surface area (Å²) in [6, 6.07) is 6.52. The Morgan fingerprint density at radius 3 is 2.32 bits per heavy atom. The van der Waals surface area contributed by atoms with Gasteiger partial charge in [-0.25, -0.2) is 23.4 Å². The third kappa shape index (κ3) is 4.06. The van der Waals surface area contributed by atoms with Crippen molar-refractivity contribution < 1.29 is 18.0 Å². The molecule has 1 heterocycles. The van der Waals surface area contributed by atoms with Crippen LogP contribution in [0.3, 0.4) is 0 Å². The molecule has 9 heteroatoms. The molecule has 0 bridgehead atoms. The largest absolute Gasteiger partial charge is 0.347 e. The summed E-state index contributed by atoms with van der Waals surface area (Å²) in [6.07, 6.45) is 0. The smallest absolute Gasteiger partial charge is 0.267 e. The summed E-state index contributed by atoms with van der Waals surface area (Å²) < 4.78 is 25.7. The van der Waals surface area contributed by atoms with Crippen LogP contribution in [0.2, 0.25) is 0 Å². The molecule has 116 valence electrons. The van der Waals surface area contributed by atoms with Crippen molar-refractivity contribution in [3.8, 4) is 0 Å². The van der Waals surface area contributed by atoms with Gasteiger partial charge in [0.2, 0.25) is 0 Å². The molecule has 0 radical (unpaired) electrons. The van der Waals surface area contributed by atoms with Crippen LogP contribution in [0.25, 0.3) is 0 Å². The van der Waals surface area contributed by atoms with Crippen LogP contribution in [0.5, 0.6) is 0 Å². The van der Waals surface area contributed by atoms with Gasteiger partial charge < -0.3 is 0 Å². The fourth-order valence-corrected chi connectivity index (χ4v) is 3.05. The number of sulfonamides is 1. The lowest BCUT2D eigenvalue weighted by molar-refractivity contribution is 0.0937. The Kier molecular flexibility index (Phi) is 4.78. The molecule has 7 nitrogen and oxygen atoms in total. The van der Waals surface area contributed by atoms with Crippen LogP contribution in [0.1, 0.15) is 15.9 Å². The molecule has 0 spiro atoms. The molecule has 0 unspecified atom stereocenters. The number of nitrogens with one attached hydrogen (secondary N) is 3. The third-order valence-corrected chi connectivity index (χ3v) is 4.66. The van der Waals surface area contributed by atoms with Crippen LogP contribution in [-0.2, 0) is 10.0 Å². The predicted octanol–water partition coefficient (Wildman–Crippen LogP) is 1.39. The number of urea groups is 1. The van der Waals surface area contributed by atoms with Crippen LogP contribution in [-0.4, -0.2) is 20.4 Å². The monoisotopic (exact) mass is 339 g/mol. The van der Waals surface area contributed by atoms with E-state index < -0.39 is 22.0 Å². The summed E-state index contributed by atoms with van der Waals surface area (Å²) in [5.74, 6) is -0.538. The first-order valence-electron chi connectivity index (χ1n) is 6.10. The van der Waals surface area contributed by atoms with E-state index in [0.717, 1.165) is 5.56 Å². The van der Waals surface area contributed by atoms with Crippen molar-refractivity contribution in [3.05, 3.63) is 52.2 Å². The van der Waals surface area contributed by atoms with E-state index >= 15 is 0 Å². The average molecular weight is 339 g/mol. The second kappa shape index (κ2) is 6.58. The minimum Gasteiger partial charge on any atom is -0.267 e. The van der Waals surface area contributed by atoms with Gasteiger partial charge in [-0.05, 0) is 30.5 Å². The zero-order valence-corrected chi connectivity index (χ0v) is 13.1. The molecule has 0 aliphatic heterocycles. The topological polar surface area (TPSA) is 104 Å². The van der Waals surface area contributed by atoms with Gasteiger partial charge in [0.1, 0.15) is 0 Å². The van der Waals surface area contributed by atoms with Crippen molar-refractivity contribution in [2.75, 3.05) is 0 Å². The second-order valence-corrected chi connectivity index (χ2v) is 6.80. The Morgan fingerprint density at radius 2 is 1.73 bits per heavy atom. The van der Waals surface area contributed by atoms with E-state index in [1.165, 1.54) is 23.5 Å². The lowest BCUT2D eigenvalue weighted by Crippen LogP contribution is -2.48. The van der Waals surface area contributed by atoms with Gasteiger partial charge in [0.25, 0.3) is 15.9 Å². The number of rotatable bonds is 3.